The SMILES string of the molecule is C=CCN1C2C=C(c3scc4ccccc34)CC1CC2. The summed E-state index contributed by atoms with van der Waals surface area (Å²) in [4.78, 5) is 4.11. The van der Waals surface area contributed by atoms with E-state index in [1.54, 1.807) is 5.57 Å². The van der Waals surface area contributed by atoms with Gasteiger partial charge in [-0.3, -0.25) is 4.90 Å². The Balaban J connectivity index is 1.74. The van der Waals surface area contributed by atoms with E-state index in [1.165, 1.54) is 34.9 Å². The Morgan fingerprint density at radius 1 is 1.30 bits per heavy atom. The Labute approximate surface area is 124 Å². The highest BCUT2D eigenvalue weighted by molar-refractivity contribution is 7.12. The lowest BCUT2D eigenvalue weighted by atomic mass is 9.98. The molecule has 1 nitrogen and oxygen atoms in total. The first-order chi connectivity index (χ1) is 9.86. The third kappa shape index (κ3) is 1.87. The number of thiophene rings is 1. The summed E-state index contributed by atoms with van der Waals surface area (Å²) in [7, 11) is 0. The topological polar surface area (TPSA) is 3.24 Å². The van der Waals surface area contributed by atoms with Crippen molar-refractivity contribution in [2.45, 2.75) is 31.3 Å². The van der Waals surface area contributed by atoms with E-state index in [0.29, 0.717) is 6.04 Å². The summed E-state index contributed by atoms with van der Waals surface area (Å²) in [6, 6.07) is 10.1. The minimum atomic E-state index is 0.627. The minimum Gasteiger partial charge on any atom is -0.290 e. The molecule has 0 spiro atoms. The molecule has 20 heavy (non-hydrogen) atoms. The summed E-state index contributed by atoms with van der Waals surface area (Å²) < 4.78 is 0. The van der Waals surface area contributed by atoms with Crippen LogP contribution >= 0.6 is 11.3 Å². The predicted octanol–water partition coefficient (Wildman–Crippen LogP) is 4.71. The van der Waals surface area contributed by atoms with Gasteiger partial charge in [0, 0.05) is 23.5 Å². The van der Waals surface area contributed by atoms with E-state index in [4.69, 9.17) is 0 Å². The van der Waals surface area contributed by atoms with Gasteiger partial charge in [-0.05, 0) is 41.0 Å². The Hall–Kier alpha value is -1.38. The van der Waals surface area contributed by atoms with Crippen LogP contribution in [0.5, 0.6) is 0 Å². The third-order valence-electron chi connectivity index (χ3n) is 4.68. The molecular formula is C18H19NS. The van der Waals surface area contributed by atoms with Gasteiger partial charge in [-0.1, -0.05) is 36.4 Å². The fourth-order valence-corrected chi connectivity index (χ4v) is 4.83. The van der Waals surface area contributed by atoms with Crippen molar-refractivity contribution >= 4 is 27.7 Å². The van der Waals surface area contributed by atoms with E-state index in [2.05, 4.69) is 47.2 Å². The molecule has 0 amide bonds. The Morgan fingerprint density at radius 2 is 2.20 bits per heavy atom. The van der Waals surface area contributed by atoms with E-state index in [9.17, 15) is 0 Å². The molecule has 0 saturated carbocycles. The monoisotopic (exact) mass is 281 g/mol. The van der Waals surface area contributed by atoms with Crippen molar-refractivity contribution in [3.63, 3.8) is 0 Å². The third-order valence-corrected chi connectivity index (χ3v) is 5.77. The highest BCUT2D eigenvalue weighted by Gasteiger charge is 2.36. The molecule has 2 heteroatoms. The fraction of sp³-hybridized carbons (Fsp3) is 0.333. The summed E-state index contributed by atoms with van der Waals surface area (Å²) in [5.74, 6) is 0. The van der Waals surface area contributed by atoms with E-state index >= 15 is 0 Å². The second kappa shape index (κ2) is 4.87. The highest BCUT2D eigenvalue weighted by atomic mass is 32.1. The van der Waals surface area contributed by atoms with Gasteiger partial charge in [0.05, 0.1) is 0 Å². The molecule has 102 valence electrons. The molecule has 2 atom stereocenters. The van der Waals surface area contributed by atoms with Gasteiger partial charge in [0.1, 0.15) is 0 Å². The summed E-state index contributed by atoms with van der Waals surface area (Å²) in [6.07, 6.45) is 8.41. The van der Waals surface area contributed by atoms with Gasteiger partial charge in [-0.2, -0.15) is 0 Å². The molecule has 2 aliphatic rings. The Morgan fingerprint density at radius 3 is 3.05 bits per heavy atom. The predicted molar refractivity (Wildman–Crippen MR) is 88.1 cm³/mol. The van der Waals surface area contributed by atoms with Gasteiger partial charge < -0.3 is 0 Å². The molecule has 4 rings (SSSR count). The van der Waals surface area contributed by atoms with Crippen LogP contribution < -0.4 is 0 Å². The zero-order valence-corrected chi connectivity index (χ0v) is 12.4. The van der Waals surface area contributed by atoms with Crippen molar-refractivity contribution in [3.05, 3.63) is 53.3 Å². The van der Waals surface area contributed by atoms with E-state index < -0.39 is 0 Å². The van der Waals surface area contributed by atoms with Gasteiger partial charge in [0.2, 0.25) is 0 Å². The molecule has 1 saturated heterocycles. The van der Waals surface area contributed by atoms with Crippen molar-refractivity contribution in [1.82, 2.24) is 4.90 Å². The van der Waals surface area contributed by atoms with Gasteiger partial charge in [-0.25, -0.2) is 0 Å². The van der Waals surface area contributed by atoms with Gasteiger partial charge >= 0.3 is 0 Å². The quantitative estimate of drug-likeness (QED) is 0.737. The molecule has 2 aromatic rings. The van der Waals surface area contributed by atoms with Crippen molar-refractivity contribution in [1.29, 1.82) is 0 Å². The van der Waals surface area contributed by atoms with Crippen molar-refractivity contribution in [2.24, 2.45) is 0 Å². The van der Waals surface area contributed by atoms with E-state index in [-0.39, 0.29) is 0 Å². The average Bonchev–Trinajstić information content (AvgIpc) is 2.98. The lowest BCUT2D eigenvalue weighted by molar-refractivity contribution is 0.237. The minimum absolute atomic E-state index is 0.627. The van der Waals surface area contributed by atoms with Crippen LogP contribution in [0.1, 0.15) is 24.1 Å². The lowest BCUT2D eigenvalue weighted by Crippen LogP contribution is -2.38. The zero-order valence-electron chi connectivity index (χ0n) is 11.6. The van der Waals surface area contributed by atoms with Crippen molar-refractivity contribution < 1.29 is 0 Å². The molecule has 1 aromatic heterocycles. The maximum atomic E-state index is 3.90. The molecule has 0 N–H and O–H groups in total. The molecule has 1 fully saturated rings. The number of fused-ring (bicyclic) bond motifs is 3. The van der Waals surface area contributed by atoms with Gasteiger partial charge in [-0.15, -0.1) is 17.9 Å². The number of benzene rings is 1. The maximum absolute atomic E-state index is 3.90. The van der Waals surface area contributed by atoms with Gasteiger partial charge in [0.25, 0.3) is 0 Å². The van der Waals surface area contributed by atoms with Crippen LogP contribution in [-0.2, 0) is 0 Å². The van der Waals surface area contributed by atoms with Crippen LogP contribution in [0.25, 0.3) is 16.3 Å². The standard InChI is InChI=1S/C18H19NS/c1-2-9-19-15-7-8-16(19)11-14(10-15)18-17-6-4-3-5-13(17)12-20-18/h2-6,10,12,15-16H,1,7-9,11H2. The van der Waals surface area contributed by atoms with Crippen molar-refractivity contribution in [3.8, 4) is 0 Å². The fourth-order valence-electron chi connectivity index (χ4n) is 3.76. The summed E-state index contributed by atoms with van der Waals surface area (Å²) >= 11 is 1.91. The number of hydrogen-bond acceptors (Lipinski definition) is 2. The maximum Gasteiger partial charge on any atom is 0.0378 e. The zero-order chi connectivity index (χ0) is 13.5. The second-order valence-electron chi connectivity index (χ2n) is 5.83. The lowest BCUT2D eigenvalue weighted by Gasteiger charge is -2.32. The Bertz CT molecular complexity index is 682. The van der Waals surface area contributed by atoms with Crippen LogP contribution in [0.2, 0.25) is 0 Å². The smallest absolute Gasteiger partial charge is 0.0378 e. The number of nitrogens with zero attached hydrogens (tertiary/aromatic N) is 1. The first-order valence-electron chi connectivity index (χ1n) is 7.41. The normalized spacial score (nSPS) is 25.9. The Kier molecular flexibility index (Phi) is 3.01. The highest BCUT2D eigenvalue weighted by Crippen LogP contribution is 2.42. The summed E-state index contributed by atoms with van der Waals surface area (Å²) in [5, 5.41) is 5.11. The molecule has 2 bridgehead atoms. The van der Waals surface area contributed by atoms with E-state index in [0.717, 1.165) is 12.6 Å². The van der Waals surface area contributed by atoms with Crippen LogP contribution in [-0.4, -0.2) is 23.5 Å². The summed E-state index contributed by atoms with van der Waals surface area (Å²) in [6.45, 7) is 4.93. The van der Waals surface area contributed by atoms with Crippen LogP contribution in [0.3, 0.4) is 0 Å². The molecule has 2 aliphatic heterocycles. The first-order valence-corrected chi connectivity index (χ1v) is 8.28. The van der Waals surface area contributed by atoms with Crippen LogP contribution in [0.15, 0.2) is 48.4 Å². The molecule has 1 aromatic carbocycles. The summed E-state index contributed by atoms with van der Waals surface area (Å²) in [5.41, 5.74) is 1.57. The number of rotatable bonds is 3. The van der Waals surface area contributed by atoms with Crippen LogP contribution in [0.4, 0.5) is 0 Å². The molecule has 0 aliphatic carbocycles. The van der Waals surface area contributed by atoms with Crippen LogP contribution in [0, 0.1) is 0 Å². The first kappa shape index (κ1) is 12.4. The largest absolute Gasteiger partial charge is 0.290 e. The van der Waals surface area contributed by atoms with Crippen molar-refractivity contribution in [2.75, 3.05) is 6.54 Å². The van der Waals surface area contributed by atoms with Gasteiger partial charge in [0.15, 0.2) is 0 Å². The molecule has 0 radical (unpaired) electrons. The number of hydrogen-bond donors (Lipinski definition) is 0. The molecular weight excluding hydrogens is 262 g/mol. The van der Waals surface area contributed by atoms with E-state index in [1.807, 2.05) is 17.4 Å². The molecule has 3 heterocycles. The molecule has 2 unspecified atom stereocenters. The average molecular weight is 281 g/mol. The second-order valence-corrected chi connectivity index (χ2v) is 6.71.